The maximum atomic E-state index is 12.9. The monoisotopic (exact) mass is 380 g/mol. The fourth-order valence-electron chi connectivity index (χ4n) is 4.36. The number of piperidine rings is 1. The van der Waals surface area contributed by atoms with Gasteiger partial charge in [-0.15, -0.1) is 0 Å². The highest BCUT2D eigenvalue weighted by Gasteiger charge is 2.29. The Labute approximate surface area is 165 Å². The van der Waals surface area contributed by atoms with Crippen LogP contribution >= 0.6 is 0 Å². The number of nitrogens with zero attached hydrogens (tertiary/aromatic N) is 3. The molecule has 0 saturated carbocycles. The summed E-state index contributed by atoms with van der Waals surface area (Å²) in [7, 11) is 0. The molecular weight excluding hydrogens is 352 g/mol. The Morgan fingerprint density at radius 1 is 1.11 bits per heavy atom. The summed E-state index contributed by atoms with van der Waals surface area (Å²) in [6.45, 7) is 2.38. The van der Waals surface area contributed by atoms with Crippen molar-refractivity contribution in [3.63, 3.8) is 0 Å². The number of aromatic nitrogens is 2. The second-order valence-corrected chi connectivity index (χ2v) is 7.87. The minimum absolute atomic E-state index is 0.0701. The molecule has 6 heteroatoms. The van der Waals surface area contributed by atoms with Crippen LogP contribution in [0.25, 0.3) is 11.1 Å². The smallest absolute Gasteiger partial charge is 0.242 e. The molecule has 4 rings (SSSR count). The van der Waals surface area contributed by atoms with Gasteiger partial charge in [0.05, 0.1) is 12.7 Å². The van der Waals surface area contributed by atoms with Gasteiger partial charge in [0.1, 0.15) is 0 Å². The lowest BCUT2D eigenvalue weighted by molar-refractivity contribution is -0.140. The van der Waals surface area contributed by atoms with Crippen molar-refractivity contribution in [3.05, 3.63) is 42.2 Å². The van der Waals surface area contributed by atoms with Crippen molar-refractivity contribution in [1.82, 2.24) is 20.0 Å². The highest BCUT2D eigenvalue weighted by molar-refractivity contribution is 5.85. The van der Waals surface area contributed by atoms with E-state index in [-0.39, 0.29) is 24.3 Å². The lowest BCUT2D eigenvalue weighted by atomic mass is 9.90. The normalized spacial score (nSPS) is 20.9. The topological polar surface area (TPSA) is 69.3 Å². The van der Waals surface area contributed by atoms with E-state index < -0.39 is 0 Å². The van der Waals surface area contributed by atoms with Crippen molar-refractivity contribution < 1.29 is 9.59 Å². The van der Waals surface area contributed by atoms with Gasteiger partial charge in [0.2, 0.25) is 11.8 Å². The van der Waals surface area contributed by atoms with Crippen LogP contribution in [0.15, 0.2) is 36.5 Å². The number of H-pyrrole nitrogens is 1. The molecule has 0 aliphatic carbocycles. The number of rotatable bonds is 4. The first kappa shape index (κ1) is 18.7. The average molecular weight is 380 g/mol. The zero-order chi connectivity index (χ0) is 19.3. The second-order valence-electron chi connectivity index (χ2n) is 7.87. The maximum Gasteiger partial charge on any atom is 0.242 e. The molecule has 2 aromatic rings. The number of hydrogen-bond acceptors (Lipinski definition) is 3. The van der Waals surface area contributed by atoms with E-state index in [4.69, 9.17) is 0 Å². The van der Waals surface area contributed by atoms with E-state index in [1.54, 1.807) is 4.90 Å². The van der Waals surface area contributed by atoms with Gasteiger partial charge < -0.3 is 9.80 Å². The van der Waals surface area contributed by atoms with Gasteiger partial charge in [-0.25, -0.2) is 0 Å². The average Bonchev–Trinajstić information content (AvgIpc) is 3.14. The van der Waals surface area contributed by atoms with Gasteiger partial charge in [-0.3, -0.25) is 14.7 Å². The lowest BCUT2D eigenvalue weighted by Gasteiger charge is -2.34. The first-order valence-corrected chi connectivity index (χ1v) is 10.4. The molecule has 148 valence electrons. The molecule has 0 bridgehead atoms. The number of likely N-dealkylation sites (tertiary alicyclic amines) is 2. The molecular formula is C22H28N4O2. The molecule has 2 aliphatic heterocycles. The summed E-state index contributed by atoms with van der Waals surface area (Å²) in [5.41, 5.74) is 3.36. The summed E-state index contributed by atoms with van der Waals surface area (Å²) in [5, 5.41) is 7.45. The largest absolute Gasteiger partial charge is 0.340 e. The molecule has 2 saturated heterocycles. The number of nitrogens with one attached hydrogen (secondary N) is 1. The number of carbonyl (C=O) groups is 2. The molecule has 2 fully saturated rings. The molecule has 0 radical (unpaired) electrons. The summed E-state index contributed by atoms with van der Waals surface area (Å²) < 4.78 is 0. The third kappa shape index (κ3) is 4.11. The van der Waals surface area contributed by atoms with Gasteiger partial charge in [-0.05, 0) is 31.2 Å². The first-order valence-electron chi connectivity index (χ1n) is 10.4. The zero-order valence-electron chi connectivity index (χ0n) is 16.3. The van der Waals surface area contributed by atoms with Gasteiger partial charge >= 0.3 is 0 Å². The Kier molecular flexibility index (Phi) is 5.74. The SMILES string of the molecule is O=C1CCCCCN1CC(=O)N1CCCC(c2[nH]ncc2-c2ccccc2)C1. The summed E-state index contributed by atoms with van der Waals surface area (Å²) in [6, 6.07) is 10.2. The van der Waals surface area contributed by atoms with E-state index in [9.17, 15) is 9.59 Å². The van der Waals surface area contributed by atoms with Crippen LogP contribution in [-0.2, 0) is 9.59 Å². The molecule has 0 spiro atoms. The quantitative estimate of drug-likeness (QED) is 0.886. The molecule has 2 amide bonds. The highest BCUT2D eigenvalue weighted by Crippen LogP contribution is 2.33. The van der Waals surface area contributed by atoms with Crippen LogP contribution < -0.4 is 0 Å². The van der Waals surface area contributed by atoms with Crippen LogP contribution in [0.1, 0.15) is 50.1 Å². The van der Waals surface area contributed by atoms with E-state index in [1.807, 2.05) is 29.3 Å². The summed E-state index contributed by atoms with van der Waals surface area (Å²) >= 11 is 0. The van der Waals surface area contributed by atoms with Gasteiger partial charge in [0.25, 0.3) is 0 Å². The van der Waals surface area contributed by atoms with Gasteiger partial charge in [0.15, 0.2) is 0 Å². The molecule has 6 nitrogen and oxygen atoms in total. The third-order valence-electron chi connectivity index (χ3n) is 5.93. The van der Waals surface area contributed by atoms with E-state index in [2.05, 4.69) is 22.3 Å². The molecule has 1 N–H and O–H groups in total. The highest BCUT2D eigenvalue weighted by atomic mass is 16.2. The minimum Gasteiger partial charge on any atom is -0.340 e. The molecule has 3 heterocycles. The molecule has 1 unspecified atom stereocenters. The van der Waals surface area contributed by atoms with Crippen molar-refractivity contribution in [1.29, 1.82) is 0 Å². The fourth-order valence-corrected chi connectivity index (χ4v) is 4.36. The minimum atomic E-state index is 0.0701. The Hall–Kier alpha value is -2.63. The summed E-state index contributed by atoms with van der Waals surface area (Å²) in [5.74, 6) is 0.440. The molecule has 2 aliphatic rings. The van der Waals surface area contributed by atoms with Gasteiger partial charge in [0, 0.05) is 43.2 Å². The van der Waals surface area contributed by atoms with E-state index in [0.717, 1.165) is 55.5 Å². The van der Waals surface area contributed by atoms with Crippen LogP contribution in [0.2, 0.25) is 0 Å². The Balaban J connectivity index is 1.44. The molecule has 1 aromatic carbocycles. The van der Waals surface area contributed by atoms with E-state index >= 15 is 0 Å². The lowest BCUT2D eigenvalue weighted by Crippen LogP contribution is -2.46. The van der Waals surface area contributed by atoms with Gasteiger partial charge in [-0.2, -0.15) is 5.10 Å². The standard InChI is InChI=1S/C22H28N4O2/c27-20-11-5-2-6-12-26(20)16-21(28)25-13-7-10-18(15-25)22-19(14-23-24-22)17-8-3-1-4-9-17/h1,3-4,8-9,14,18H,2,5-7,10-13,15-16H2,(H,23,24). The predicted octanol–water partition coefficient (Wildman–Crippen LogP) is 3.19. The van der Waals surface area contributed by atoms with E-state index in [1.165, 1.54) is 0 Å². The number of hydrogen-bond donors (Lipinski definition) is 1. The predicted molar refractivity (Wildman–Crippen MR) is 108 cm³/mol. The first-order chi connectivity index (χ1) is 13.7. The Morgan fingerprint density at radius 2 is 1.96 bits per heavy atom. The number of amides is 2. The van der Waals surface area contributed by atoms with Crippen LogP contribution in [0, 0.1) is 0 Å². The van der Waals surface area contributed by atoms with Crippen molar-refractivity contribution in [2.45, 2.75) is 44.4 Å². The van der Waals surface area contributed by atoms with Crippen LogP contribution in [0.4, 0.5) is 0 Å². The van der Waals surface area contributed by atoms with Crippen molar-refractivity contribution >= 4 is 11.8 Å². The van der Waals surface area contributed by atoms with Crippen molar-refractivity contribution in [3.8, 4) is 11.1 Å². The van der Waals surface area contributed by atoms with Crippen LogP contribution in [-0.4, -0.2) is 58.0 Å². The number of benzene rings is 1. The maximum absolute atomic E-state index is 12.9. The molecule has 28 heavy (non-hydrogen) atoms. The fraction of sp³-hybridized carbons (Fsp3) is 0.500. The van der Waals surface area contributed by atoms with Crippen LogP contribution in [0.3, 0.4) is 0 Å². The van der Waals surface area contributed by atoms with Crippen LogP contribution in [0.5, 0.6) is 0 Å². The second kappa shape index (κ2) is 8.59. The van der Waals surface area contributed by atoms with E-state index in [0.29, 0.717) is 19.5 Å². The Bertz CT molecular complexity index is 817. The Morgan fingerprint density at radius 3 is 2.82 bits per heavy atom. The number of aromatic amines is 1. The molecule has 1 atom stereocenters. The summed E-state index contributed by atoms with van der Waals surface area (Å²) in [6.07, 6.45) is 7.47. The van der Waals surface area contributed by atoms with Crippen molar-refractivity contribution in [2.24, 2.45) is 0 Å². The molecule has 1 aromatic heterocycles. The van der Waals surface area contributed by atoms with Crippen molar-refractivity contribution in [2.75, 3.05) is 26.2 Å². The van der Waals surface area contributed by atoms with Gasteiger partial charge in [-0.1, -0.05) is 36.8 Å². The zero-order valence-corrected chi connectivity index (χ0v) is 16.3. The number of carbonyl (C=O) groups excluding carboxylic acids is 2. The third-order valence-corrected chi connectivity index (χ3v) is 5.93. The summed E-state index contributed by atoms with van der Waals surface area (Å²) in [4.78, 5) is 28.8.